The Morgan fingerprint density at radius 1 is 0.763 bits per heavy atom. The maximum atomic E-state index is 14.8. The van der Waals surface area contributed by atoms with Crippen LogP contribution < -0.4 is 0 Å². The van der Waals surface area contributed by atoms with E-state index in [1.807, 2.05) is 12.1 Å². The minimum Gasteiger partial charge on any atom is -0.316 e. The Labute approximate surface area is 229 Å². The topological polar surface area (TPSA) is 9.23 Å². The molecule has 0 aliphatic heterocycles. The van der Waals surface area contributed by atoms with E-state index in [1.54, 1.807) is 12.1 Å². The molecule has 0 saturated heterocycles. The average Bonchev–Trinajstić information content (AvgIpc) is 2.95. The number of halogens is 2. The summed E-state index contributed by atoms with van der Waals surface area (Å²) in [5, 5.41) is 0. The van der Waals surface area contributed by atoms with E-state index in [4.69, 9.17) is 4.74 Å². The first-order valence-corrected chi connectivity index (χ1v) is 14.9. The van der Waals surface area contributed by atoms with Crippen LogP contribution in [-0.2, 0) is 17.3 Å². The van der Waals surface area contributed by atoms with E-state index in [0.29, 0.717) is 18.3 Å². The average molecular weight is 521 g/mol. The Hall–Kier alpha value is -2.26. The quantitative estimate of drug-likeness (QED) is 0.268. The van der Waals surface area contributed by atoms with Gasteiger partial charge in [0.05, 0.1) is 12.2 Å². The van der Waals surface area contributed by atoms with Crippen molar-refractivity contribution in [2.75, 3.05) is 6.61 Å². The normalized spacial score (nSPS) is 24.8. The standard InChI is InChI=1S/C35H46F2O/c1-3-5-6-8-28-11-17-32(18-12-28)33-21-23-34(24-22-33)35(36,37)38-26-25-29-13-19-31(20-14-29)30-15-9-27(7-4-2)10-16-30/h3-5,7,13-14,19-24,27-28,30,32H,6,8-12,15-18,25-26H2,1-2H3/b5-3+,7-4+/t27-,28-,30-,32-. The van der Waals surface area contributed by atoms with Crippen LogP contribution >= 0.6 is 0 Å². The van der Waals surface area contributed by atoms with Crippen LogP contribution in [0, 0.1) is 11.8 Å². The Morgan fingerprint density at radius 3 is 1.92 bits per heavy atom. The van der Waals surface area contributed by atoms with Crippen molar-refractivity contribution in [1.82, 2.24) is 0 Å². The molecular formula is C35H46F2O. The lowest BCUT2D eigenvalue weighted by Gasteiger charge is -2.29. The lowest BCUT2D eigenvalue weighted by atomic mass is 9.77. The van der Waals surface area contributed by atoms with Gasteiger partial charge in [-0.1, -0.05) is 72.8 Å². The van der Waals surface area contributed by atoms with Crippen LogP contribution in [0.15, 0.2) is 72.8 Å². The van der Waals surface area contributed by atoms with Crippen molar-refractivity contribution >= 4 is 0 Å². The first-order valence-electron chi connectivity index (χ1n) is 14.9. The van der Waals surface area contributed by atoms with Gasteiger partial charge in [-0.3, -0.25) is 0 Å². The molecule has 0 heterocycles. The van der Waals surface area contributed by atoms with E-state index < -0.39 is 6.11 Å². The number of hydrogen-bond acceptors (Lipinski definition) is 1. The molecule has 2 saturated carbocycles. The van der Waals surface area contributed by atoms with E-state index in [2.05, 4.69) is 62.4 Å². The van der Waals surface area contributed by atoms with Crippen molar-refractivity contribution in [3.63, 3.8) is 0 Å². The van der Waals surface area contributed by atoms with Crippen LogP contribution in [0.2, 0.25) is 0 Å². The van der Waals surface area contributed by atoms with Crippen LogP contribution in [-0.4, -0.2) is 6.61 Å². The van der Waals surface area contributed by atoms with Gasteiger partial charge in [-0.05, 0) is 125 Å². The van der Waals surface area contributed by atoms with E-state index >= 15 is 0 Å². The van der Waals surface area contributed by atoms with Crippen molar-refractivity contribution in [3.05, 3.63) is 95.1 Å². The maximum Gasteiger partial charge on any atom is 0.383 e. The third kappa shape index (κ3) is 8.12. The molecule has 0 amide bonds. The van der Waals surface area contributed by atoms with Gasteiger partial charge in [0.1, 0.15) is 0 Å². The molecule has 4 rings (SSSR count). The highest BCUT2D eigenvalue weighted by Gasteiger charge is 2.33. The number of allylic oxidation sites excluding steroid dienone is 4. The lowest BCUT2D eigenvalue weighted by molar-refractivity contribution is -0.248. The van der Waals surface area contributed by atoms with Gasteiger partial charge in [0, 0.05) is 0 Å². The molecule has 1 nitrogen and oxygen atoms in total. The lowest BCUT2D eigenvalue weighted by Crippen LogP contribution is -2.20. The Balaban J connectivity index is 1.21. The van der Waals surface area contributed by atoms with Crippen LogP contribution in [0.25, 0.3) is 0 Å². The number of hydrogen-bond donors (Lipinski definition) is 0. The second kappa shape index (κ2) is 14.2. The molecule has 0 atom stereocenters. The van der Waals surface area contributed by atoms with E-state index in [9.17, 15) is 8.78 Å². The largest absolute Gasteiger partial charge is 0.383 e. The Bertz CT molecular complexity index is 1000. The fourth-order valence-electron chi connectivity index (χ4n) is 6.49. The van der Waals surface area contributed by atoms with Crippen molar-refractivity contribution in [2.45, 2.75) is 102 Å². The van der Waals surface area contributed by atoms with Gasteiger partial charge in [-0.25, -0.2) is 0 Å². The molecular weight excluding hydrogens is 474 g/mol. The van der Waals surface area contributed by atoms with E-state index in [0.717, 1.165) is 30.2 Å². The number of benzene rings is 2. The molecule has 2 aliphatic carbocycles. The van der Waals surface area contributed by atoms with Crippen molar-refractivity contribution in [3.8, 4) is 0 Å². The second-order valence-electron chi connectivity index (χ2n) is 11.5. The summed E-state index contributed by atoms with van der Waals surface area (Å²) in [6, 6.07) is 15.4. The number of alkyl halides is 2. The summed E-state index contributed by atoms with van der Waals surface area (Å²) in [7, 11) is 0. The number of rotatable bonds is 11. The smallest absolute Gasteiger partial charge is 0.316 e. The van der Waals surface area contributed by atoms with Gasteiger partial charge in [0.2, 0.25) is 0 Å². The zero-order valence-corrected chi connectivity index (χ0v) is 23.4. The summed E-state index contributed by atoms with van der Waals surface area (Å²) in [5.41, 5.74) is 3.56. The van der Waals surface area contributed by atoms with Gasteiger partial charge in [0.25, 0.3) is 0 Å². The van der Waals surface area contributed by atoms with Crippen LogP contribution in [0.3, 0.4) is 0 Å². The molecule has 2 fully saturated rings. The van der Waals surface area contributed by atoms with Gasteiger partial charge in [-0.2, -0.15) is 8.78 Å². The molecule has 3 heteroatoms. The van der Waals surface area contributed by atoms with Gasteiger partial charge in [0.15, 0.2) is 0 Å². The SMILES string of the molecule is C/C=C/CC[C@H]1CC[C@H](c2ccc(C(F)(F)OCCc3ccc([C@H]4CC[C@H](/C=C/C)CC4)cc3)cc2)CC1. The molecule has 2 aliphatic rings. The van der Waals surface area contributed by atoms with Crippen LogP contribution in [0.5, 0.6) is 0 Å². The summed E-state index contributed by atoms with van der Waals surface area (Å²) in [6.45, 7) is 4.17. The summed E-state index contributed by atoms with van der Waals surface area (Å²) >= 11 is 0. The predicted molar refractivity (Wildman–Crippen MR) is 155 cm³/mol. The first kappa shape index (κ1) is 28.7. The van der Waals surface area contributed by atoms with Gasteiger partial charge < -0.3 is 4.74 Å². The molecule has 0 unspecified atom stereocenters. The van der Waals surface area contributed by atoms with Crippen molar-refractivity contribution < 1.29 is 13.5 Å². The Morgan fingerprint density at radius 2 is 1.34 bits per heavy atom. The fraction of sp³-hybridized carbons (Fsp3) is 0.543. The van der Waals surface area contributed by atoms with Crippen LogP contribution in [0.4, 0.5) is 8.78 Å². The third-order valence-corrected chi connectivity index (χ3v) is 8.90. The number of ether oxygens (including phenoxy) is 1. The molecule has 0 bridgehead atoms. The molecule has 206 valence electrons. The van der Waals surface area contributed by atoms with Gasteiger partial charge in [-0.15, -0.1) is 0 Å². The molecule has 0 spiro atoms. The second-order valence-corrected chi connectivity index (χ2v) is 11.5. The molecule has 2 aromatic rings. The van der Waals surface area contributed by atoms with Crippen molar-refractivity contribution in [1.29, 1.82) is 0 Å². The van der Waals surface area contributed by atoms with Crippen molar-refractivity contribution in [2.24, 2.45) is 11.8 Å². The summed E-state index contributed by atoms with van der Waals surface area (Å²) in [6.07, 6.45) is 18.3. The zero-order chi connectivity index (χ0) is 26.8. The maximum absolute atomic E-state index is 14.8. The highest BCUT2D eigenvalue weighted by molar-refractivity contribution is 5.28. The summed E-state index contributed by atoms with van der Waals surface area (Å²) in [4.78, 5) is 0. The monoisotopic (exact) mass is 520 g/mol. The summed E-state index contributed by atoms with van der Waals surface area (Å²) in [5.74, 6) is 2.64. The molecule has 38 heavy (non-hydrogen) atoms. The van der Waals surface area contributed by atoms with E-state index in [-0.39, 0.29) is 12.2 Å². The fourth-order valence-corrected chi connectivity index (χ4v) is 6.49. The predicted octanol–water partition coefficient (Wildman–Crippen LogP) is 10.5. The molecule has 2 aromatic carbocycles. The molecule has 0 aromatic heterocycles. The summed E-state index contributed by atoms with van der Waals surface area (Å²) < 4.78 is 34.7. The van der Waals surface area contributed by atoms with Gasteiger partial charge >= 0.3 is 6.11 Å². The van der Waals surface area contributed by atoms with Crippen LogP contribution in [0.1, 0.15) is 112 Å². The van der Waals surface area contributed by atoms with E-state index in [1.165, 1.54) is 62.5 Å². The molecule has 0 radical (unpaired) electrons. The minimum atomic E-state index is -3.27. The zero-order valence-electron chi connectivity index (χ0n) is 23.4. The first-order chi connectivity index (χ1) is 18.5. The highest BCUT2D eigenvalue weighted by Crippen LogP contribution is 2.39. The highest BCUT2D eigenvalue weighted by atomic mass is 19.3. The molecule has 0 N–H and O–H groups in total. The minimum absolute atomic E-state index is 0.000206. The third-order valence-electron chi connectivity index (χ3n) is 8.90. The Kier molecular flexibility index (Phi) is 10.8.